The number of benzene rings is 1. The zero-order chi connectivity index (χ0) is 14.7. The van der Waals surface area contributed by atoms with Crippen molar-refractivity contribution in [2.45, 2.75) is 6.42 Å². The predicted octanol–water partition coefficient (Wildman–Crippen LogP) is 1.75. The maximum Gasteiger partial charge on any atom is 0.254 e. The Morgan fingerprint density at radius 1 is 1.19 bits per heavy atom. The van der Waals surface area contributed by atoms with Crippen LogP contribution in [0.1, 0.15) is 16.8 Å². The molecule has 0 spiro atoms. The zero-order valence-electron chi connectivity index (χ0n) is 12.1. The summed E-state index contributed by atoms with van der Waals surface area (Å²) in [5, 5.41) is 0. The van der Waals surface area contributed by atoms with Gasteiger partial charge >= 0.3 is 0 Å². The number of amides is 1. The van der Waals surface area contributed by atoms with Crippen molar-refractivity contribution in [2.75, 3.05) is 39.5 Å². The Morgan fingerprint density at radius 3 is 2.90 bits per heavy atom. The third kappa shape index (κ3) is 3.03. The SMILES string of the molecule is C=CCN1CCCN(C(=O)c2ccc3c(c2)OCO3)CC1. The second kappa shape index (κ2) is 6.18. The van der Waals surface area contributed by atoms with Crippen LogP contribution < -0.4 is 9.47 Å². The molecule has 5 nitrogen and oxygen atoms in total. The number of rotatable bonds is 3. The van der Waals surface area contributed by atoms with Gasteiger partial charge in [-0.2, -0.15) is 0 Å². The molecule has 0 N–H and O–H groups in total. The Morgan fingerprint density at radius 2 is 2.05 bits per heavy atom. The van der Waals surface area contributed by atoms with E-state index in [4.69, 9.17) is 9.47 Å². The molecule has 2 aliphatic rings. The van der Waals surface area contributed by atoms with Gasteiger partial charge in [0.25, 0.3) is 5.91 Å². The molecule has 0 aromatic heterocycles. The Hall–Kier alpha value is -2.01. The van der Waals surface area contributed by atoms with Crippen molar-refractivity contribution in [1.29, 1.82) is 0 Å². The van der Waals surface area contributed by atoms with Crippen molar-refractivity contribution >= 4 is 5.91 Å². The normalized spacial score (nSPS) is 18.4. The average molecular weight is 288 g/mol. The van der Waals surface area contributed by atoms with E-state index in [1.54, 1.807) is 12.1 Å². The number of fused-ring (bicyclic) bond motifs is 1. The quantitative estimate of drug-likeness (QED) is 0.795. The van der Waals surface area contributed by atoms with E-state index in [2.05, 4.69) is 11.5 Å². The minimum absolute atomic E-state index is 0.0637. The highest BCUT2D eigenvalue weighted by Crippen LogP contribution is 2.32. The molecule has 21 heavy (non-hydrogen) atoms. The number of nitrogens with zero attached hydrogens (tertiary/aromatic N) is 2. The highest BCUT2D eigenvalue weighted by atomic mass is 16.7. The first-order chi connectivity index (χ1) is 10.3. The lowest BCUT2D eigenvalue weighted by atomic mass is 10.1. The average Bonchev–Trinajstić information content (AvgIpc) is 2.85. The molecule has 0 radical (unpaired) electrons. The zero-order valence-corrected chi connectivity index (χ0v) is 12.1. The van der Waals surface area contributed by atoms with Crippen LogP contribution in [0.2, 0.25) is 0 Å². The first kappa shape index (κ1) is 13.9. The van der Waals surface area contributed by atoms with Crippen molar-refractivity contribution in [1.82, 2.24) is 9.80 Å². The van der Waals surface area contributed by atoms with E-state index in [0.717, 1.165) is 39.1 Å². The largest absolute Gasteiger partial charge is 0.454 e. The van der Waals surface area contributed by atoms with Gasteiger partial charge in [0.1, 0.15) is 0 Å². The molecule has 2 aliphatic heterocycles. The lowest BCUT2D eigenvalue weighted by molar-refractivity contribution is 0.0761. The molecule has 0 aliphatic carbocycles. The van der Waals surface area contributed by atoms with Crippen molar-refractivity contribution in [3.63, 3.8) is 0 Å². The Bertz CT molecular complexity index is 544. The van der Waals surface area contributed by atoms with Gasteiger partial charge in [-0.3, -0.25) is 9.69 Å². The van der Waals surface area contributed by atoms with Gasteiger partial charge < -0.3 is 14.4 Å². The minimum atomic E-state index is 0.0637. The van der Waals surface area contributed by atoms with Crippen LogP contribution in [0.4, 0.5) is 0 Å². The van der Waals surface area contributed by atoms with Gasteiger partial charge in [-0.05, 0) is 24.6 Å². The summed E-state index contributed by atoms with van der Waals surface area (Å²) in [6.07, 6.45) is 2.90. The molecule has 0 saturated carbocycles. The van der Waals surface area contributed by atoms with Crippen LogP contribution in [-0.2, 0) is 0 Å². The van der Waals surface area contributed by atoms with Gasteiger partial charge in [-0.25, -0.2) is 0 Å². The summed E-state index contributed by atoms with van der Waals surface area (Å²) >= 11 is 0. The summed E-state index contributed by atoms with van der Waals surface area (Å²) in [4.78, 5) is 16.8. The van der Waals surface area contributed by atoms with E-state index in [9.17, 15) is 4.79 Å². The molecule has 1 saturated heterocycles. The lowest BCUT2D eigenvalue weighted by Crippen LogP contribution is -2.35. The summed E-state index contributed by atoms with van der Waals surface area (Å²) in [7, 11) is 0. The molecule has 1 aromatic rings. The maximum absolute atomic E-state index is 12.6. The number of carbonyl (C=O) groups is 1. The highest BCUT2D eigenvalue weighted by molar-refractivity contribution is 5.95. The summed E-state index contributed by atoms with van der Waals surface area (Å²) in [5.74, 6) is 1.43. The van der Waals surface area contributed by atoms with Crippen molar-refractivity contribution in [3.8, 4) is 11.5 Å². The number of hydrogen-bond donors (Lipinski definition) is 0. The molecule has 112 valence electrons. The van der Waals surface area contributed by atoms with Crippen LogP contribution in [0.3, 0.4) is 0 Å². The fourth-order valence-corrected chi connectivity index (χ4v) is 2.75. The van der Waals surface area contributed by atoms with E-state index >= 15 is 0 Å². The second-order valence-corrected chi connectivity index (χ2v) is 5.30. The Balaban J connectivity index is 1.68. The number of hydrogen-bond acceptors (Lipinski definition) is 4. The summed E-state index contributed by atoms with van der Waals surface area (Å²) < 4.78 is 10.6. The smallest absolute Gasteiger partial charge is 0.254 e. The molecule has 2 heterocycles. The third-order valence-electron chi connectivity index (χ3n) is 3.88. The molecular weight excluding hydrogens is 268 g/mol. The number of ether oxygens (including phenoxy) is 2. The molecule has 0 unspecified atom stereocenters. The van der Waals surface area contributed by atoms with Gasteiger partial charge in [0, 0.05) is 38.3 Å². The van der Waals surface area contributed by atoms with E-state index in [-0.39, 0.29) is 12.7 Å². The summed E-state index contributed by atoms with van der Waals surface area (Å²) in [6, 6.07) is 5.39. The fraction of sp³-hybridized carbons (Fsp3) is 0.438. The van der Waals surface area contributed by atoms with Crippen LogP contribution in [0.25, 0.3) is 0 Å². The maximum atomic E-state index is 12.6. The van der Waals surface area contributed by atoms with Gasteiger partial charge in [0.05, 0.1) is 0 Å². The molecule has 1 amide bonds. The molecule has 0 bridgehead atoms. The van der Waals surface area contributed by atoms with Crippen LogP contribution in [0, 0.1) is 0 Å². The van der Waals surface area contributed by atoms with Crippen molar-refractivity contribution in [2.24, 2.45) is 0 Å². The van der Waals surface area contributed by atoms with Crippen molar-refractivity contribution < 1.29 is 14.3 Å². The predicted molar refractivity (Wildman–Crippen MR) is 79.7 cm³/mol. The van der Waals surface area contributed by atoms with Crippen molar-refractivity contribution in [3.05, 3.63) is 36.4 Å². The minimum Gasteiger partial charge on any atom is -0.454 e. The fourth-order valence-electron chi connectivity index (χ4n) is 2.75. The number of carbonyl (C=O) groups excluding carboxylic acids is 1. The first-order valence-corrected chi connectivity index (χ1v) is 7.30. The van der Waals surface area contributed by atoms with Crippen LogP contribution in [-0.4, -0.2) is 55.2 Å². The van der Waals surface area contributed by atoms with Crippen LogP contribution >= 0.6 is 0 Å². The Kier molecular flexibility index (Phi) is 4.10. The second-order valence-electron chi connectivity index (χ2n) is 5.30. The molecule has 0 atom stereocenters. The van der Waals surface area contributed by atoms with E-state index in [1.807, 2.05) is 17.0 Å². The molecule has 1 aromatic carbocycles. The first-order valence-electron chi connectivity index (χ1n) is 7.30. The van der Waals surface area contributed by atoms with Gasteiger partial charge in [0.2, 0.25) is 6.79 Å². The summed E-state index contributed by atoms with van der Waals surface area (Å²) in [6.45, 7) is 8.33. The standard InChI is InChI=1S/C16H20N2O3/c1-2-6-17-7-3-8-18(10-9-17)16(19)13-4-5-14-15(11-13)21-12-20-14/h2,4-5,11H,1,3,6-10,12H2. The molecular formula is C16H20N2O3. The van der Waals surface area contributed by atoms with Crippen LogP contribution in [0.5, 0.6) is 11.5 Å². The highest BCUT2D eigenvalue weighted by Gasteiger charge is 2.22. The monoisotopic (exact) mass is 288 g/mol. The van der Waals surface area contributed by atoms with Gasteiger partial charge in [-0.15, -0.1) is 6.58 Å². The van der Waals surface area contributed by atoms with Gasteiger partial charge in [0.15, 0.2) is 11.5 Å². The Labute approximate surface area is 124 Å². The lowest BCUT2D eigenvalue weighted by Gasteiger charge is -2.21. The van der Waals surface area contributed by atoms with E-state index in [0.29, 0.717) is 17.1 Å². The molecule has 3 rings (SSSR count). The van der Waals surface area contributed by atoms with E-state index < -0.39 is 0 Å². The van der Waals surface area contributed by atoms with Crippen LogP contribution in [0.15, 0.2) is 30.9 Å². The third-order valence-corrected chi connectivity index (χ3v) is 3.88. The topological polar surface area (TPSA) is 42.0 Å². The summed E-state index contributed by atoms with van der Waals surface area (Å²) in [5.41, 5.74) is 0.663. The molecule has 1 fully saturated rings. The van der Waals surface area contributed by atoms with E-state index in [1.165, 1.54) is 0 Å². The molecule has 5 heteroatoms. The van der Waals surface area contributed by atoms with Gasteiger partial charge in [-0.1, -0.05) is 6.08 Å².